The fraction of sp³-hybridized carbons (Fsp3) is 0.261. The number of aromatic nitrogens is 2. The maximum absolute atomic E-state index is 12.6. The Labute approximate surface area is 181 Å². The number of likely N-dealkylation sites (N-methyl/N-ethyl adjacent to an activating group) is 1. The van der Waals surface area contributed by atoms with E-state index < -0.39 is 0 Å². The van der Waals surface area contributed by atoms with Gasteiger partial charge >= 0.3 is 0 Å². The van der Waals surface area contributed by atoms with E-state index in [0.29, 0.717) is 0 Å². The molecule has 1 heterocycles. The second-order valence-electron chi connectivity index (χ2n) is 7.27. The van der Waals surface area contributed by atoms with Crippen molar-refractivity contribution in [3.05, 3.63) is 71.5 Å². The summed E-state index contributed by atoms with van der Waals surface area (Å²) in [6.07, 6.45) is 3.60. The lowest BCUT2D eigenvalue weighted by molar-refractivity contribution is -0.131. The summed E-state index contributed by atoms with van der Waals surface area (Å²) < 4.78 is 1.96. The Bertz CT molecular complexity index is 1040. The highest BCUT2D eigenvalue weighted by molar-refractivity contribution is 7.99. The molecule has 0 bridgehead atoms. The lowest BCUT2D eigenvalue weighted by Gasteiger charge is -2.18. The van der Waals surface area contributed by atoms with Gasteiger partial charge in [-0.1, -0.05) is 42.1 Å². The largest absolute Gasteiger partial charge is 0.336 e. The number of para-hydroxylation sites is 1. The highest BCUT2D eigenvalue weighted by atomic mass is 32.2. The van der Waals surface area contributed by atoms with Crippen molar-refractivity contribution in [3.8, 4) is 5.69 Å². The van der Waals surface area contributed by atoms with Crippen LogP contribution in [-0.4, -0.2) is 45.6 Å². The molecule has 6 nitrogen and oxygen atoms in total. The molecule has 2 aromatic carbocycles. The van der Waals surface area contributed by atoms with Gasteiger partial charge in [-0.05, 0) is 49.6 Å². The fourth-order valence-electron chi connectivity index (χ4n) is 3.10. The molecule has 1 aromatic heterocycles. The minimum absolute atomic E-state index is 0.000508. The molecule has 0 aliphatic rings. The van der Waals surface area contributed by atoms with E-state index in [0.717, 1.165) is 33.2 Å². The number of rotatable bonds is 7. The molecule has 0 saturated heterocycles. The number of thioether (sulfide) groups is 1. The van der Waals surface area contributed by atoms with Gasteiger partial charge in [0.15, 0.2) is 5.16 Å². The number of carbonyl (C=O) groups excluding carboxylic acids is 2. The zero-order chi connectivity index (χ0) is 21.7. The van der Waals surface area contributed by atoms with E-state index in [2.05, 4.69) is 16.4 Å². The van der Waals surface area contributed by atoms with E-state index in [1.165, 1.54) is 16.7 Å². The fourth-order valence-corrected chi connectivity index (χ4v) is 4.02. The van der Waals surface area contributed by atoms with Crippen molar-refractivity contribution in [1.29, 1.82) is 0 Å². The zero-order valence-corrected chi connectivity index (χ0v) is 18.5. The topological polar surface area (TPSA) is 67.2 Å². The lowest BCUT2D eigenvalue weighted by atomic mass is 10.1. The van der Waals surface area contributed by atoms with Gasteiger partial charge in [-0.15, -0.1) is 0 Å². The van der Waals surface area contributed by atoms with Crippen LogP contribution in [0.2, 0.25) is 0 Å². The Hall–Kier alpha value is -3.06. The SMILES string of the molecule is Cc1cccc(-n2ccnc2SCC(=O)N(C)CC(=O)Nc2c(C)cccc2C)c1. The monoisotopic (exact) mass is 422 g/mol. The maximum atomic E-state index is 12.6. The van der Waals surface area contributed by atoms with Gasteiger partial charge in [-0.25, -0.2) is 4.98 Å². The lowest BCUT2D eigenvalue weighted by Crippen LogP contribution is -2.36. The Balaban J connectivity index is 1.57. The second kappa shape index (κ2) is 9.63. The molecule has 0 atom stereocenters. The van der Waals surface area contributed by atoms with Gasteiger partial charge in [0.1, 0.15) is 0 Å². The van der Waals surface area contributed by atoms with E-state index in [1.807, 2.05) is 67.9 Å². The predicted molar refractivity (Wildman–Crippen MR) is 121 cm³/mol. The summed E-state index contributed by atoms with van der Waals surface area (Å²) >= 11 is 1.36. The summed E-state index contributed by atoms with van der Waals surface area (Å²) in [4.78, 5) is 30.8. The van der Waals surface area contributed by atoms with Crippen molar-refractivity contribution in [3.63, 3.8) is 0 Å². The number of nitrogens with zero attached hydrogens (tertiary/aromatic N) is 3. The predicted octanol–water partition coefficient (Wildman–Crippen LogP) is 3.99. The van der Waals surface area contributed by atoms with Gasteiger partial charge in [0.2, 0.25) is 11.8 Å². The first-order chi connectivity index (χ1) is 14.3. The van der Waals surface area contributed by atoms with Crippen LogP contribution in [0.25, 0.3) is 5.69 Å². The van der Waals surface area contributed by atoms with Crippen LogP contribution < -0.4 is 5.32 Å². The molecule has 7 heteroatoms. The standard InChI is InChI=1S/C23H26N4O2S/c1-16-7-5-10-19(13-16)27-12-11-24-23(27)30-15-21(29)26(4)14-20(28)25-22-17(2)8-6-9-18(22)3/h5-13H,14-15H2,1-4H3,(H,25,28). The minimum Gasteiger partial charge on any atom is -0.336 e. The summed E-state index contributed by atoms with van der Waals surface area (Å²) in [5.74, 6) is -0.138. The van der Waals surface area contributed by atoms with E-state index in [9.17, 15) is 9.59 Å². The van der Waals surface area contributed by atoms with Crippen molar-refractivity contribution in [2.24, 2.45) is 0 Å². The molecule has 0 spiro atoms. The number of aryl methyl sites for hydroxylation is 3. The number of nitrogens with one attached hydrogen (secondary N) is 1. The summed E-state index contributed by atoms with van der Waals surface area (Å²) in [7, 11) is 1.64. The molecular weight excluding hydrogens is 396 g/mol. The van der Waals surface area contributed by atoms with Crippen molar-refractivity contribution in [2.45, 2.75) is 25.9 Å². The third kappa shape index (κ3) is 5.30. The number of carbonyl (C=O) groups is 2. The van der Waals surface area contributed by atoms with Gasteiger partial charge in [-0.3, -0.25) is 14.2 Å². The van der Waals surface area contributed by atoms with Crippen molar-refractivity contribution < 1.29 is 9.59 Å². The van der Waals surface area contributed by atoms with Crippen molar-refractivity contribution in [2.75, 3.05) is 24.7 Å². The third-order valence-electron chi connectivity index (χ3n) is 4.76. The smallest absolute Gasteiger partial charge is 0.243 e. The summed E-state index contributed by atoms with van der Waals surface area (Å²) in [6, 6.07) is 14.0. The third-order valence-corrected chi connectivity index (χ3v) is 5.72. The van der Waals surface area contributed by atoms with E-state index in [1.54, 1.807) is 13.2 Å². The van der Waals surface area contributed by atoms with Crippen LogP contribution >= 0.6 is 11.8 Å². The molecule has 0 saturated carbocycles. The molecule has 2 amide bonds. The molecule has 0 aliphatic carbocycles. The van der Waals surface area contributed by atoms with Gasteiger partial charge in [0.25, 0.3) is 0 Å². The molecule has 3 rings (SSSR count). The normalized spacial score (nSPS) is 10.7. The van der Waals surface area contributed by atoms with Gasteiger partial charge in [0.05, 0.1) is 12.3 Å². The second-order valence-corrected chi connectivity index (χ2v) is 8.21. The maximum Gasteiger partial charge on any atom is 0.243 e. The van der Waals surface area contributed by atoms with E-state index in [4.69, 9.17) is 0 Å². The van der Waals surface area contributed by atoms with E-state index >= 15 is 0 Å². The molecule has 0 unspecified atom stereocenters. The number of imidazole rings is 1. The number of hydrogen-bond donors (Lipinski definition) is 1. The zero-order valence-electron chi connectivity index (χ0n) is 17.7. The number of benzene rings is 2. The summed E-state index contributed by atoms with van der Waals surface area (Å²) in [5, 5.41) is 3.65. The quantitative estimate of drug-likeness (QED) is 0.585. The Morgan fingerprint density at radius 2 is 1.80 bits per heavy atom. The molecule has 0 fully saturated rings. The molecule has 0 radical (unpaired) electrons. The first kappa shape index (κ1) is 21.6. The van der Waals surface area contributed by atoms with Crippen molar-refractivity contribution in [1.82, 2.24) is 14.5 Å². The number of amides is 2. The van der Waals surface area contributed by atoms with Crippen molar-refractivity contribution >= 4 is 29.3 Å². The van der Waals surface area contributed by atoms with Crippen LogP contribution in [0, 0.1) is 20.8 Å². The van der Waals surface area contributed by atoms with Crippen LogP contribution in [0.1, 0.15) is 16.7 Å². The van der Waals surface area contributed by atoms with Gasteiger partial charge in [-0.2, -0.15) is 0 Å². The Morgan fingerprint density at radius 3 is 2.50 bits per heavy atom. The molecule has 1 N–H and O–H groups in total. The van der Waals surface area contributed by atoms with Gasteiger partial charge in [0, 0.05) is 30.8 Å². The van der Waals surface area contributed by atoms with Crippen LogP contribution in [0.4, 0.5) is 5.69 Å². The molecule has 156 valence electrons. The highest BCUT2D eigenvalue weighted by Gasteiger charge is 2.16. The van der Waals surface area contributed by atoms with Crippen LogP contribution in [0.3, 0.4) is 0 Å². The Kier molecular flexibility index (Phi) is 6.95. The summed E-state index contributed by atoms with van der Waals surface area (Å²) in [6.45, 7) is 5.93. The average Bonchev–Trinajstić information content (AvgIpc) is 3.17. The molecular formula is C23H26N4O2S. The van der Waals surface area contributed by atoms with Crippen LogP contribution in [0.5, 0.6) is 0 Å². The minimum atomic E-state index is -0.213. The summed E-state index contributed by atoms with van der Waals surface area (Å²) in [5.41, 5.74) is 4.95. The van der Waals surface area contributed by atoms with Gasteiger partial charge < -0.3 is 10.2 Å². The first-order valence-corrected chi connectivity index (χ1v) is 10.7. The number of anilines is 1. The molecule has 0 aliphatic heterocycles. The first-order valence-electron chi connectivity index (χ1n) is 9.68. The average molecular weight is 423 g/mol. The molecule has 3 aromatic rings. The van der Waals surface area contributed by atoms with E-state index in [-0.39, 0.29) is 24.1 Å². The number of hydrogen-bond acceptors (Lipinski definition) is 4. The highest BCUT2D eigenvalue weighted by Crippen LogP contribution is 2.22. The Morgan fingerprint density at radius 1 is 1.10 bits per heavy atom. The van der Waals surface area contributed by atoms with Crippen LogP contribution in [-0.2, 0) is 9.59 Å². The van der Waals surface area contributed by atoms with Crippen LogP contribution in [0.15, 0.2) is 60.0 Å². The molecule has 30 heavy (non-hydrogen) atoms.